The fourth-order valence-corrected chi connectivity index (χ4v) is 5.09. The van der Waals surface area contributed by atoms with Crippen molar-refractivity contribution in [2.75, 3.05) is 31.6 Å². The molecule has 182 valence electrons. The lowest BCUT2D eigenvalue weighted by Gasteiger charge is -2.26. The van der Waals surface area contributed by atoms with Gasteiger partial charge in [0.1, 0.15) is 0 Å². The first-order chi connectivity index (χ1) is 16.9. The fourth-order valence-electron chi connectivity index (χ4n) is 3.68. The molecule has 1 aliphatic heterocycles. The van der Waals surface area contributed by atoms with Gasteiger partial charge in [-0.2, -0.15) is 4.31 Å². The van der Waals surface area contributed by atoms with Gasteiger partial charge in [-0.1, -0.05) is 48.5 Å². The Bertz CT molecular complexity index is 1290. The first kappa shape index (κ1) is 24.6. The molecule has 1 fully saturated rings. The molecule has 1 saturated heterocycles. The number of ether oxygens (including phenoxy) is 2. The Kier molecular flexibility index (Phi) is 7.60. The lowest BCUT2D eigenvalue weighted by Crippen LogP contribution is -2.40. The number of nitrogens with zero attached hydrogens (tertiary/aromatic N) is 1. The summed E-state index contributed by atoms with van der Waals surface area (Å²) in [6.45, 7) is 2.74. The smallest absolute Gasteiger partial charge is 0.338 e. The third-order valence-electron chi connectivity index (χ3n) is 5.62. The normalized spacial score (nSPS) is 15.2. The van der Waals surface area contributed by atoms with Crippen molar-refractivity contribution in [1.82, 2.24) is 4.31 Å². The molecule has 1 heterocycles. The number of nitrogens with one attached hydrogen (secondary N) is 1. The summed E-state index contributed by atoms with van der Waals surface area (Å²) in [6.07, 6.45) is -1.07. The first-order valence-electron chi connectivity index (χ1n) is 11.2. The molecule has 1 N–H and O–H groups in total. The summed E-state index contributed by atoms with van der Waals surface area (Å²) in [5.74, 6) is -1.20. The summed E-state index contributed by atoms with van der Waals surface area (Å²) in [4.78, 5) is 25.4. The number of anilines is 1. The minimum Gasteiger partial charge on any atom is -0.449 e. The number of carbonyl (C=O) groups is 2. The van der Waals surface area contributed by atoms with E-state index in [-0.39, 0.29) is 23.5 Å². The van der Waals surface area contributed by atoms with Crippen molar-refractivity contribution in [3.63, 3.8) is 0 Å². The summed E-state index contributed by atoms with van der Waals surface area (Å²) >= 11 is 0. The number of amides is 1. The predicted octanol–water partition coefficient (Wildman–Crippen LogP) is 3.56. The number of esters is 1. The van der Waals surface area contributed by atoms with E-state index >= 15 is 0 Å². The Morgan fingerprint density at radius 3 is 2.23 bits per heavy atom. The number of benzene rings is 3. The monoisotopic (exact) mass is 494 g/mol. The zero-order valence-corrected chi connectivity index (χ0v) is 20.0. The molecular weight excluding hydrogens is 468 g/mol. The van der Waals surface area contributed by atoms with Gasteiger partial charge >= 0.3 is 5.97 Å². The minimum atomic E-state index is -3.67. The summed E-state index contributed by atoms with van der Waals surface area (Å²) in [5.41, 5.74) is 2.54. The fraction of sp³-hybridized carbons (Fsp3) is 0.231. The molecule has 3 aromatic carbocycles. The van der Waals surface area contributed by atoms with Gasteiger partial charge < -0.3 is 14.8 Å². The molecule has 1 amide bonds. The number of hydrogen-bond acceptors (Lipinski definition) is 6. The summed E-state index contributed by atoms with van der Waals surface area (Å²) < 4.78 is 37.4. The van der Waals surface area contributed by atoms with Crippen LogP contribution in [0.1, 0.15) is 17.3 Å². The third-order valence-corrected chi connectivity index (χ3v) is 7.53. The largest absolute Gasteiger partial charge is 0.449 e. The Balaban J connectivity index is 1.40. The van der Waals surface area contributed by atoms with Crippen LogP contribution < -0.4 is 5.32 Å². The molecule has 1 aliphatic rings. The van der Waals surface area contributed by atoms with Crippen LogP contribution in [0.3, 0.4) is 0 Å². The average Bonchev–Trinajstić information content (AvgIpc) is 2.90. The molecule has 0 aromatic heterocycles. The SMILES string of the molecule is CC(OC(=O)c1ccc(S(=O)(=O)N2CCOCC2)cc1)C(=O)Nc1ccccc1-c1ccccc1. The molecular formula is C26H26N2O6S. The highest BCUT2D eigenvalue weighted by Crippen LogP contribution is 2.27. The number of para-hydroxylation sites is 1. The Morgan fingerprint density at radius 1 is 0.914 bits per heavy atom. The standard InChI is InChI=1S/C26H26N2O6S/c1-19(25(29)27-24-10-6-5-9-23(24)20-7-3-2-4-8-20)34-26(30)21-11-13-22(14-12-21)35(31,32)28-15-17-33-18-16-28/h2-14,19H,15-18H2,1H3,(H,27,29). The molecule has 1 unspecified atom stereocenters. The first-order valence-corrected chi connectivity index (χ1v) is 12.6. The van der Waals surface area contributed by atoms with Gasteiger partial charge in [0.2, 0.25) is 10.0 Å². The topological polar surface area (TPSA) is 102 Å². The van der Waals surface area contributed by atoms with Crippen LogP contribution >= 0.6 is 0 Å². The van der Waals surface area contributed by atoms with E-state index in [2.05, 4.69) is 5.32 Å². The molecule has 9 heteroatoms. The van der Waals surface area contributed by atoms with E-state index < -0.39 is 28.0 Å². The van der Waals surface area contributed by atoms with Crippen molar-refractivity contribution in [3.05, 3.63) is 84.4 Å². The number of carbonyl (C=O) groups excluding carboxylic acids is 2. The van der Waals surface area contributed by atoms with Crippen molar-refractivity contribution < 1.29 is 27.5 Å². The van der Waals surface area contributed by atoms with E-state index in [9.17, 15) is 18.0 Å². The highest BCUT2D eigenvalue weighted by molar-refractivity contribution is 7.89. The average molecular weight is 495 g/mol. The van der Waals surface area contributed by atoms with Crippen LogP contribution in [-0.2, 0) is 24.3 Å². The quantitative estimate of drug-likeness (QED) is 0.504. The molecule has 0 saturated carbocycles. The van der Waals surface area contributed by atoms with E-state index in [4.69, 9.17) is 9.47 Å². The van der Waals surface area contributed by atoms with E-state index in [1.54, 1.807) is 6.07 Å². The van der Waals surface area contributed by atoms with E-state index in [0.717, 1.165) is 11.1 Å². The van der Waals surface area contributed by atoms with Crippen molar-refractivity contribution in [3.8, 4) is 11.1 Å². The van der Waals surface area contributed by atoms with Gasteiger partial charge in [0.25, 0.3) is 5.91 Å². The predicted molar refractivity (Wildman–Crippen MR) is 131 cm³/mol. The van der Waals surface area contributed by atoms with Gasteiger partial charge in [-0.15, -0.1) is 0 Å². The van der Waals surface area contributed by atoms with Crippen molar-refractivity contribution in [2.45, 2.75) is 17.9 Å². The summed E-state index contributed by atoms with van der Waals surface area (Å²) in [6, 6.07) is 22.5. The molecule has 0 bridgehead atoms. The van der Waals surface area contributed by atoms with Crippen LogP contribution in [-0.4, -0.2) is 57.0 Å². The molecule has 0 aliphatic carbocycles. The van der Waals surface area contributed by atoms with Crippen LogP contribution in [0, 0.1) is 0 Å². The second-order valence-electron chi connectivity index (χ2n) is 7.99. The Hall–Kier alpha value is -3.53. The lowest BCUT2D eigenvalue weighted by molar-refractivity contribution is -0.123. The third kappa shape index (κ3) is 5.76. The minimum absolute atomic E-state index is 0.0826. The highest BCUT2D eigenvalue weighted by atomic mass is 32.2. The van der Waals surface area contributed by atoms with Gasteiger partial charge in [0.05, 0.1) is 23.7 Å². The van der Waals surface area contributed by atoms with Crippen molar-refractivity contribution in [1.29, 1.82) is 0 Å². The van der Waals surface area contributed by atoms with Crippen molar-refractivity contribution >= 4 is 27.6 Å². The van der Waals surface area contributed by atoms with E-state index in [1.807, 2.05) is 48.5 Å². The molecule has 0 spiro atoms. The number of hydrogen-bond donors (Lipinski definition) is 1. The van der Waals surface area contributed by atoms with Crippen LogP contribution in [0.15, 0.2) is 83.8 Å². The van der Waals surface area contributed by atoms with E-state index in [1.165, 1.54) is 35.5 Å². The van der Waals surface area contributed by atoms with Gasteiger partial charge in [0, 0.05) is 24.3 Å². The molecule has 1 atom stereocenters. The van der Waals surface area contributed by atoms with E-state index in [0.29, 0.717) is 18.9 Å². The van der Waals surface area contributed by atoms with Crippen molar-refractivity contribution in [2.24, 2.45) is 0 Å². The van der Waals surface area contributed by atoms with Gasteiger partial charge in [-0.05, 0) is 42.8 Å². The highest BCUT2D eigenvalue weighted by Gasteiger charge is 2.27. The number of sulfonamides is 1. The number of morpholine rings is 1. The molecule has 0 radical (unpaired) electrons. The zero-order valence-electron chi connectivity index (χ0n) is 19.2. The van der Waals surface area contributed by atoms with Crippen LogP contribution in [0.4, 0.5) is 5.69 Å². The summed E-state index contributed by atoms with van der Waals surface area (Å²) in [7, 11) is -3.67. The lowest BCUT2D eigenvalue weighted by atomic mass is 10.0. The summed E-state index contributed by atoms with van der Waals surface area (Å²) in [5, 5.41) is 2.82. The maximum Gasteiger partial charge on any atom is 0.338 e. The van der Waals surface area contributed by atoms with Gasteiger partial charge in [-0.3, -0.25) is 4.79 Å². The second-order valence-corrected chi connectivity index (χ2v) is 9.93. The van der Waals surface area contributed by atoms with Crippen LogP contribution in [0.25, 0.3) is 11.1 Å². The molecule has 4 rings (SSSR count). The van der Waals surface area contributed by atoms with Gasteiger partial charge in [-0.25, -0.2) is 13.2 Å². The maximum absolute atomic E-state index is 12.7. The number of rotatable bonds is 7. The zero-order chi connectivity index (χ0) is 24.8. The molecule has 8 nitrogen and oxygen atoms in total. The van der Waals surface area contributed by atoms with Gasteiger partial charge in [0.15, 0.2) is 6.10 Å². The molecule has 3 aromatic rings. The van der Waals surface area contributed by atoms with Crippen LogP contribution in [0.5, 0.6) is 0 Å². The Labute approximate surface area is 204 Å². The molecule has 35 heavy (non-hydrogen) atoms. The second kappa shape index (κ2) is 10.8. The Morgan fingerprint density at radius 2 is 1.54 bits per heavy atom. The van der Waals surface area contributed by atoms with Crippen LogP contribution in [0.2, 0.25) is 0 Å². The maximum atomic E-state index is 12.7.